The van der Waals surface area contributed by atoms with Crippen LogP contribution in [-0.2, 0) is 20.8 Å². The highest BCUT2D eigenvalue weighted by molar-refractivity contribution is 9.10. The highest BCUT2D eigenvalue weighted by Crippen LogP contribution is 2.16. The molecule has 0 fully saturated rings. The van der Waals surface area contributed by atoms with Crippen LogP contribution in [0.3, 0.4) is 0 Å². The number of para-hydroxylation sites is 1. The Morgan fingerprint density at radius 1 is 0.912 bits per heavy atom. The van der Waals surface area contributed by atoms with E-state index in [0.29, 0.717) is 22.7 Å². The molecule has 0 atom stereocenters. The van der Waals surface area contributed by atoms with Gasteiger partial charge in [0.1, 0.15) is 5.75 Å². The number of carbonyl (C=O) groups is 3. The molecule has 3 rings (SSSR count). The van der Waals surface area contributed by atoms with Crippen molar-refractivity contribution < 1.29 is 19.1 Å². The van der Waals surface area contributed by atoms with E-state index in [2.05, 4.69) is 37.1 Å². The molecule has 0 saturated heterocycles. The zero-order valence-corrected chi connectivity index (χ0v) is 20.0. The van der Waals surface area contributed by atoms with Crippen molar-refractivity contribution in [3.63, 3.8) is 0 Å². The fourth-order valence-electron chi connectivity index (χ4n) is 2.88. The van der Waals surface area contributed by atoms with Gasteiger partial charge in [0.15, 0.2) is 6.61 Å². The standard InChI is InChI=1S/C25H23BrN4O4/c1-2-18-5-3-4-6-22(18)29-24(32)25(33)30-27-15-17-7-13-21(14-8-17)34-16-23(31)28-20-11-9-19(26)10-12-20/h3-15H,2,16H2,1H3,(H,28,31)(H,29,32)(H,30,33)/b27-15-. The summed E-state index contributed by atoms with van der Waals surface area (Å²) in [6.07, 6.45) is 2.13. The van der Waals surface area contributed by atoms with E-state index in [0.717, 1.165) is 16.5 Å². The van der Waals surface area contributed by atoms with Crippen LogP contribution in [0.2, 0.25) is 0 Å². The summed E-state index contributed by atoms with van der Waals surface area (Å²) in [4.78, 5) is 36.1. The smallest absolute Gasteiger partial charge is 0.329 e. The van der Waals surface area contributed by atoms with Crippen LogP contribution in [0.4, 0.5) is 11.4 Å². The first-order valence-electron chi connectivity index (χ1n) is 10.4. The van der Waals surface area contributed by atoms with E-state index >= 15 is 0 Å². The number of ether oxygens (including phenoxy) is 1. The van der Waals surface area contributed by atoms with Crippen molar-refractivity contribution in [2.24, 2.45) is 5.10 Å². The number of nitrogens with zero attached hydrogens (tertiary/aromatic N) is 1. The van der Waals surface area contributed by atoms with Gasteiger partial charge >= 0.3 is 11.8 Å². The number of aryl methyl sites for hydroxylation is 1. The normalized spacial score (nSPS) is 10.5. The van der Waals surface area contributed by atoms with Crippen LogP contribution in [0.25, 0.3) is 0 Å². The maximum atomic E-state index is 12.1. The van der Waals surface area contributed by atoms with Crippen molar-refractivity contribution in [3.8, 4) is 5.75 Å². The number of hydrogen-bond acceptors (Lipinski definition) is 5. The molecule has 0 unspecified atom stereocenters. The molecule has 9 heteroatoms. The van der Waals surface area contributed by atoms with E-state index in [-0.39, 0.29) is 12.5 Å². The molecule has 0 aromatic heterocycles. The molecule has 3 N–H and O–H groups in total. The third-order valence-electron chi connectivity index (χ3n) is 4.61. The third-order valence-corrected chi connectivity index (χ3v) is 5.14. The highest BCUT2D eigenvalue weighted by atomic mass is 79.9. The quantitative estimate of drug-likeness (QED) is 0.235. The second kappa shape index (κ2) is 12.3. The summed E-state index contributed by atoms with van der Waals surface area (Å²) in [6, 6.07) is 21.2. The number of carbonyl (C=O) groups excluding carboxylic acids is 3. The third kappa shape index (κ3) is 7.56. The predicted molar refractivity (Wildman–Crippen MR) is 135 cm³/mol. The van der Waals surface area contributed by atoms with E-state index in [9.17, 15) is 14.4 Å². The van der Waals surface area contributed by atoms with Crippen molar-refractivity contribution in [2.45, 2.75) is 13.3 Å². The molecule has 8 nitrogen and oxygen atoms in total. The van der Waals surface area contributed by atoms with E-state index in [1.165, 1.54) is 6.21 Å². The van der Waals surface area contributed by atoms with Gasteiger partial charge in [-0.3, -0.25) is 14.4 Å². The topological polar surface area (TPSA) is 109 Å². The van der Waals surface area contributed by atoms with Crippen LogP contribution < -0.4 is 20.8 Å². The predicted octanol–water partition coefficient (Wildman–Crippen LogP) is 4.12. The van der Waals surface area contributed by atoms with Crippen LogP contribution in [0.5, 0.6) is 5.75 Å². The average molecular weight is 523 g/mol. The Balaban J connectivity index is 1.44. The Bertz CT molecular complexity index is 1180. The Hall–Kier alpha value is -3.98. The Labute approximate surface area is 205 Å². The van der Waals surface area contributed by atoms with Crippen molar-refractivity contribution in [1.82, 2.24) is 5.43 Å². The number of amides is 3. The molecular weight excluding hydrogens is 500 g/mol. The summed E-state index contributed by atoms with van der Waals surface area (Å²) in [5.41, 5.74) is 5.07. The molecule has 0 bridgehead atoms. The molecule has 0 aliphatic rings. The largest absolute Gasteiger partial charge is 0.484 e. The molecule has 174 valence electrons. The lowest BCUT2D eigenvalue weighted by Crippen LogP contribution is -2.32. The van der Waals surface area contributed by atoms with Gasteiger partial charge in [0.25, 0.3) is 5.91 Å². The van der Waals surface area contributed by atoms with Gasteiger partial charge in [-0.05, 0) is 72.1 Å². The van der Waals surface area contributed by atoms with E-state index < -0.39 is 11.8 Å². The van der Waals surface area contributed by atoms with Crippen molar-refractivity contribution in [3.05, 3.63) is 88.4 Å². The number of benzene rings is 3. The molecule has 3 amide bonds. The highest BCUT2D eigenvalue weighted by Gasteiger charge is 2.14. The first kappa shape index (κ1) is 24.7. The van der Waals surface area contributed by atoms with Crippen LogP contribution in [0.15, 0.2) is 82.4 Å². The lowest BCUT2D eigenvalue weighted by Gasteiger charge is -2.08. The molecule has 0 aliphatic carbocycles. The minimum atomic E-state index is -0.876. The number of hydrogen-bond donors (Lipinski definition) is 3. The van der Waals surface area contributed by atoms with Gasteiger partial charge in [0.05, 0.1) is 6.21 Å². The maximum absolute atomic E-state index is 12.1. The van der Waals surface area contributed by atoms with Crippen molar-refractivity contribution in [1.29, 1.82) is 0 Å². The lowest BCUT2D eigenvalue weighted by atomic mass is 10.1. The zero-order valence-electron chi connectivity index (χ0n) is 18.4. The first-order valence-corrected chi connectivity index (χ1v) is 11.2. The van der Waals surface area contributed by atoms with Gasteiger partial charge in [-0.1, -0.05) is 41.1 Å². The maximum Gasteiger partial charge on any atom is 0.329 e. The van der Waals surface area contributed by atoms with Gasteiger partial charge in [-0.15, -0.1) is 0 Å². The summed E-state index contributed by atoms with van der Waals surface area (Å²) in [6.45, 7) is 1.82. The number of nitrogens with one attached hydrogen (secondary N) is 3. The van der Waals surface area contributed by atoms with Gasteiger partial charge in [-0.25, -0.2) is 5.43 Å². The van der Waals surface area contributed by atoms with Gasteiger partial charge < -0.3 is 15.4 Å². The van der Waals surface area contributed by atoms with E-state index in [1.54, 1.807) is 48.5 Å². The number of hydrazone groups is 1. The Morgan fingerprint density at radius 3 is 2.32 bits per heavy atom. The summed E-state index contributed by atoms with van der Waals surface area (Å²) in [7, 11) is 0. The summed E-state index contributed by atoms with van der Waals surface area (Å²) in [5.74, 6) is -1.46. The minimum absolute atomic E-state index is 0.143. The molecule has 0 saturated carbocycles. The van der Waals surface area contributed by atoms with Crippen LogP contribution in [0, 0.1) is 0 Å². The van der Waals surface area contributed by atoms with Gasteiger partial charge in [0.2, 0.25) is 0 Å². The lowest BCUT2D eigenvalue weighted by molar-refractivity contribution is -0.136. The number of rotatable bonds is 8. The second-order valence-corrected chi connectivity index (χ2v) is 7.99. The molecule has 34 heavy (non-hydrogen) atoms. The monoisotopic (exact) mass is 522 g/mol. The Morgan fingerprint density at radius 2 is 1.62 bits per heavy atom. The molecule has 3 aromatic carbocycles. The van der Waals surface area contributed by atoms with Crippen LogP contribution >= 0.6 is 15.9 Å². The fraction of sp³-hybridized carbons (Fsp3) is 0.120. The molecule has 0 spiro atoms. The zero-order chi connectivity index (χ0) is 24.3. The molecule has 0 heterocycles. The Kier molecular flexibility index (Phi) is 8.93. The molecule has 0 radical (unpaired) electrons. The average Bonchev–Trinajstić information content (AvgIpc) is 2.85. The van der Waals surface area contributed by atoms with Gasteiger partial charge in [-0.2, -0.15) is 5.10 Å². The summed E-state index contributed by atoms with van der Waals surface area (Å²) < 4.78 is 6.40. The van der Waals surface area contributed by atoms with E-state index in [1.807, 2.05) is 31.2 Å². The van der Waals surface area contributed by atoms with Crippen molar-refractivity contribution >= 4 is 51.2 Å². The first-order chi connectivity index (χ1) is 16.4. The number of anilines is 2. The molecule has 3 aromatic rings. The summed E-state index contributed by atoms with van der Waals surface area (Å²) in [5, 5.41) is 9.13. The van der Waals surface area contributed by atoms with Crippen LogP contribution in [0.1, 0.15) is 18.1 Å². The molecular formula is C25H23BrN4O4. The second-order valence-electron chi connectivity index (χ2n) is 7.08. The van der Waals surface area contributed by atoms with Gasteiger partial charge in [0, 0.05) is 15.8 Å². The number of halogens is 1. The minimum Gasteiger partial charge on any atom is -0.484 e. The van der Waals surface area contributed by atoms with Crippen LogP contribution in [-0.4, -0.2) is 30.5 Å². The van der Waals surface area contributed by atoms with Crippen molar-refractivity contribution in [2.75, 3.05) is 17.2 Å². The summed E-state index contributed by atoms with van der Waals surface area (Å²) >= 11 is 3.34. The SMILES string of the molecule is CCc1ccccc1NC(=O)C(=O)N/N=C\c1ccc(OCC(=O)Nc2ccc(Br)cc2)cc1. The fourth-order valence-corrected chi connectivity index (χ4v) is 3.14. The van der Waals surface area contributed by atoms with E-state index in [4.69, 9.17) is 4.74 Å². The molecule has 0 aliphatic heterocycles.